The Morgan fingerprint density at radius 3 is 2.57 bits per heavy atom. The highest BCUT2D eigenvalue weighted by Crippen LogP contribution is 2.24. The number of nitrogens with one attached hydrogen (secondary N) is 1. The second kappa shape index (κ2) is 6.78. The summed E-state index contributed by atoms with van der Waals surface area (Å²) in [6.45, 7) is 6.91. The quantitative estimate of drug-likeness (QED) is 0.818. The normalized spacial score (nSPS) is 15.8. The number of ether oxygens (including phenoxy) is 1. The summed E-state index contributed by atoms with van der Waals surface area (Å²) in [5, 5.41) is 12.3. The Balaban J connectivity index is 1.88. The molecule has 1 aliphatic rings. The van der Waals surface area contributed by atoms with Gasteiger partial charge in [0.05, 0.1) is 23.0 Å². The van der Waals surface area contributed by atoms with E-state index in [-0.39, 0.29) is 12.1 Å². The first kappa shape index (κ1) is 16.9. The monoisotopic (exact) mass is 316 g/mol. The van der Waals surface area contributed by atoms with Crippen LogP contribution in [-0.4, -0.2) is 35.7 Å². The average molecular weight is 316 g/mol. The van der Waals surface area contributed by atoms with Crippen LogP contribution in [0.4, 0.5) is 16.2 Å². The van der Waals surface area contributed by atoms with Crippen LogP contribution in [0.5, 0.6) is 0 Å². The predicted molar refractivity (Wildman–Crippen MR) is 90.0 cm³/mol. The maximum Gasteiger partial charge on any atom is 0.410 e. The van der Waals surface area contributed by atoms with Crippen molar-refractivity contribution in [3.05, 3.63) is 23.8 Å². The molecule has 0 unspecified atom stereocenters. The molecule has 0 atom stereocenters. The minimum absolute atomic E-state index is 0.254. The summed E-state index contributed by atoms with van der Waals surface area (Å²) in [7, 11) is 0. The molecule has 1 saturated heterocycles. The highest BCUT2D eigenvalue weighted by Gasteiger charge is 2.26. The molecular weight excluding hydrogens is 292 g/mol. The van der Waals surface area contributed by atoms with E-state index in [1.165, 1.54) is 0 Å². The molecule has 0 bridgehead atoms. The van der Waals surface area contributed by atoms with E-state index < -0.39 is 5.60 Å². The van der Waals surface area contributed by atoms with E-state index in [0.717, 1.165) is 18.5 Å². The van der Waals surface area contributed by atoms with Crippen molar-refractivity contribution < 1.29 is 9.53 Å². The van der Waals surface area contributed by atoms with Crippen molar-refractivity contribution in [2.45, 2.75) is 45.3 Å². The summed E-state index contributed by atoms with van der Waals surface area (Å²) in [6, 6.07) is 7.56. The molecule has 1 amide bonds. The third kappa shape index (κ3) is 4.78. The lowest BCUT2D eigenvalue weighted by Crippen LogP contribution is -2.44. The molecule has 124 valence electrons. The zero-order chi connectivity index (χ0) is 17.0. The van der Waals surface area contributed by atoms with Crippen molar-refractivity contribution in [3.63, 3.8) is 0 Å². The van der Waals surface area contributed by atoms with E-state index in [0.29, 0.717) is 24.3 Å². The van der Waals surface area contributed by atoms with Gasteiger partial charge in [0.25, 0.3) is 0 Å². The van der Waals surface area contributed by atoms with E-state index >= 15 is 0 Å². The van der Waals surface area contributed by atoms with Gasteiger partial charge in [0.1, 0.15) is 5.60 Å². The third-order valence-corrected chi connectivity index (χ3v) is 3.69. The van der Waals surface area contributed by atoms with Crippen LogP contribution in [0.15, 0.2) is 18.2 Å². The van der Waals surface area contributed by atoms with Crippen LogP contribution in [0.25, 0.3) is 0 Å². The van der Waals surface area contributed by atoms with Crippen molar-refractivity contribution >= 4 is 17.5 Å². The third-order valence-electron chi connectivity index (χ3n) is 3.69. The fourth-order valence-corrected chi connectivity index (χ4v) is 2.52. The Kier molecular flexibility index (Phi) is 4.99. The van der Waals surface area contributed by atoms with Crippen molar-refractivity contribution in [1.29, 1.82) is 5.26 Å². The fourth-order valence-electron chi connectivity index (χ4n) is 2.52. The van der Waals surface area contributed by atoms with Gasteiger partial charge in [-0.1, -0.05) is 0 Å². The van der Waals surface area contributed by atoms with Crippen LogP contribution in [0.3, 0.4) is 0 Å². The molecule has 1 heterocycles. The number of carbonyl (C=O) groups is 1. The minimum atomic E-state index is -0.469. The number of likely N-dealkylation sites (tertiary alicyclic amines) is 1. The average Bonchev–Trinajstić information content (AvgIpc) is 2.48. The Morgan fingerprint density at radius 1 is 1.39 bits per heavy atom. The molecule has 0 spiro atoms. The minimum Gasteiger partial charge on any atom is -0.444 e. The second-order valence-electron chi connectivity index (χ2n) is 6.80. The molecule has 1 aliphatic heterocycles. The summed E-state index contributed by atoms with van der Waals surface area (Å²) in [4.78, 5) is 13.8. The molecule has 0 aliphatic carbocycles. The summed E-state index contributed by atoms with van der Waals surface area (Å²) in [5.41, 5.74) is 7.44. The van der Waals surface area contributed by atoms with Crippen molar-refractivity contribution in [2.75, 3.05) is 24.1 Å². The van der Waals surface area contributed by atoms with Crippen LogP contribution in [0, 0.1) is 11.3 Å². The standard InChI is InChI=1S/C17H24N4O2/c1-17(2,3)23-16(22)21-8-6-13(7-9-21)20-15-5-4-12(11-18)10-14(15)19/h4-5,10,13,20H,6-9,19H2,1-3H3. The van der Waals surface area contributed by atoms with Gasteiger partial charge in [0, 0.05) is 19.1 Å². The maximum absolute atomic E-state index is 12.0. The number of nitrogens with two attached hydrogens (primary N) is 1. The molecule has 3 N–H and O–H groups in total. The number of anilines is 2. The number of carbonyl (C=O) groups excluding carboxylic acids is 1. The molecular formula is C17H24N4O2. The zero-order valence-electron chi connectivity index (χ0n) is 13.9. The molecule has 2 rings (SSSR count). The molecule has 0 aromatic heterocycles. The molecule has 1 aromatic rings. The molecule has 0 radical (unpaired) electrons. The Bertz CT molecular complexity index is 608. The number of nitrogens with zero attached hydrogens (tertiary/aromatic N) is 2. The summed E-state index contributed by atoms with van der Waals surface area (Å²) in [6.07, 6.45) is 1.41. The number of rotatable bonds is 2. The smallest absolute Gasteiger partial charge is 0.410 e. The van der Waals surface area contributed by atoms with Crippen LogP contribution in [0.1, 0.15) is 39.2 Å². The van der Waals surface area contributed by atoms with Crippen LogP contribution >= 0.6 is 0 Å². The number of nitriles is 1. The Hall–Kier alpha value is -2.42. The Labute approximate surface area is 137 Å². The topological polar surface area (TPSA) is 91.4 Å². The first-order chi connectivity index (χ1) is 10.8. The lowest BCUT2D eigenvalue weighted by molar-refractivity contribution is 0.0210. The van der Waals surface area contributed by atoms with Gasteiger partial charge in [-0.3, -0.25) is 0 Å². The molecule has 1 aromatic carbocycles. The number of hydrogen-bond donors (Lipinski definition) is 2. The first-order valence-corrected chi connectivity index (χ1v) is 7.82. The number of piperidine rings is 1. The number of hydrogen-bond acceptors (Lipinski definition) is 5. The molecule has 0 saturated carbocycles. The number of benzene rings is 1. The summed E-state index contributed by atoms with van der Waals surface area (Å²) in [5.74, 6) is 0. The number of nitrogen functional groups attached to an aromatic ring is 1. The van der Waals surface area contributed by atoms with Crippen molar-refractivity contribution in [1.82, 2.24) is 4.90 Å². The second-order valence-corrected chi connectivity index (χ2v) is 6.80. The van der Waals surface area contributed by atoms with E-state index in [4.69, 9.17) is 15.7 Å². The molecule has 23 heavy (non-hydrogen) atoms. The first-order valence-electron chi connectivity index (χ1n) is 7.82. The molecule has 6 heteroatoms. The summed E-state index contributed by atoms with van der Waals surface area (Å²) >= 11 is 0. The van der Waals surface area contributed by atoms with Crippen LogP contribution in [0.2, 0.25) is 0 Å². The van der Waals surface area contributed by atoms with E-state index in [9.17, 15) is 4.79 Å². The highest BCUT2D eigenvalue weighted by molar-refractivity contribution is 5.69. The molecule has 1 fully saturated rings. The largest absolute Gasteiger partial charge is 0.444 e. The predicted octanol–water partition coefficient (Wildman–Crippen LogP) is 2.95. The van der Waals surface area contributed by atoms with Gasteiger partial charge in [-0.2, -0.15) is 5.26 Å². The van der Waals surface area contributed by atoms with Gasteiger partial charge in [0.15, 0.2) is 0 Å². The van der Waals surface area contributed by atoms with Crippen LogP contribution in [-0.2, 0) is 4.74 Å². The number of amides is 1. The maximum atomic E-state index is 12.0. The lowest BCUT2D eigenvalue weighted by Gasteiger charge is -2.34. The van der Waals surface area contributed by atoms with Gasteiger partial charge < -0.3 is 20.7 Å². The van der Waals surface area contributed by atoms with Gasteiger partial charge in [-0.25, -0.2) is 4.79 Å². The van der Waals surface area contributed by atoms with Gasteiger partial charge >= 0.3 is 6.09 Å². The zero-order valence-corrected chi connectivity index (χ0v) is 13.9. The van der Waals surface area contributed by atoms with E-state index in [2.05, 4.69) is 11.4 Å². The Morgan fingerprint density at radius 2 is 2.04 bits per heavy atom. The van der Waals surface area contributed by atoms with Gasteiger partial charge in [-0.15, -0.1) is 0 Å². The van der Waals surface area contributed by atoms with Gasteiger partial charge in [-0.05, 0) is 51.8 Å². The van der Waals surface area contributed by atoms with Crippen molar-refractivity contribution in [3.8, 4) is 6.07 Å². The molecule has 6 nitrogen and oxygen atoms in total. The van der Waals surface area contributed by atoms with E-state index in [1.54, 1.807) is 17.0 Å². The van der Waals surface area contributed by atoms with Gasteiger partial charge in [0.2, 0.25) is 0 Å². The SMILES string of the molecule is CC(C)(C)OC(=O)N1CCC(Nc2ccc(C#N)cc2N)CC1. The van der Waals surface area contributed by atoms with E-state index in [1.807, 2.05) is 26.8 Å². The fraction of sp³-hybridized carbons (Fsp3) is 0.529. The van der Waals surface area contributed by atoms with Crippen molar-refractivity contribution in [2.24, 2.45) is 0 Å². The highest BCUT2D eigenvalue weighted by atomic mass is 16.6. The van der Waals surface area contributed by atoms with Crippen LogP contribution < -0.4 is 11.1 Å². The lowest BCUT2D eigenvalue weighted by atomic mass is 10.0. The summed E-state index contributed by atoms with van der Waals surface area (Å²) < 4.78 is 5.39.